The molecule has 0 saturated heterocycles. The molecule has 94 valence electrons. The number of aromatic nitrogens is 1. The third-order valence-electron chi connectivity index (χ3n) is 2.60. The van der Waals surface area contributed by atoms with Crippen molar-refractivity contribution in [1.29, 1.82) is 0 Å². The number of aromatic amines is 1. The predicted octanol–water partition coefficient (Wildman–Crippen LogP) is 1.03. The molecule has 1 heterocycles. The summed E-state index contributed by atoms with van der Waals surface area (Å²) in [5.74, 6) is -0.235. The van der Waals surface area contributed by atoms with Crippen LogP contribution in [0.4, 0.5) is 0 Å². The Morgan fingerprint density at radius 3 is 2.72 bits per heavy atom. The second-order valence-electron chi connectivity index (χ2n) is 4.02. The largest absolute Gasteiger partial charge is 0.361 e. The Morgan fingerprint density at radius 1 is 1.17 bits per heavy atom. The Hall–Kier alpha value is -2.30. The van der Waals surface area contributed by atoms with Crippen LogP contribution in [0.1, 0.15) is 17.3 Å². The zero-order valence-corrected chi connectivity index (χ0v) is 10.1. The second-order valence-corrected chi connectivity index (χ2v) is 4.02. The van der Waals surface area contributed by atoms with Gasteiger partial charge < -0.3 is 15.6 Å². The van der Waals surface area contributed by atoms with Gasteiger partial charge in [0.25, 0.3) is 5.91 Å². The number of carbonyl (C=O) groups is 2. The highest BCUT2D eigenvalue weighted by Crippen LogP contribution is 2.13. The maximum Gasteiger partial charge on any atom is 0.251 e. The number of H-pyrrole nitrogens is 1. The van der Waals surface area contributed by atoms with Crippen LogP contribution in [0.25, 0.3) is 10.9 Å². The Labute approximate surface area is 105 Å². The van der Waals surface area contributed by atoms with Crippen molar-refractivity contribution < 1.29 is 9.59 Å². The highest BCUT2D eigenvalue weighted by Gasteiger charge is 2.05. The maximum absolute atomic E-state index is 11.8. The smallest absolute Gasteiger partial charge is 0.251 e. The number of nitrogens with one attached hydrogen (secondary N) is 3. The highest BCUT2D eigenvalue weighted by atomic mass is 16.2. The molecule has 2 amide bonds. The van der Waals surface area contributed by atoms with Gasteiger partial charge in [-0.15, -0.1) is 0 Å². The Kier molecular flexibility index (Phi) is 3.62. The number of amides is 2. The first-order valence-electron chi connectivity index (χ1n) is 5.76. The minimum absolute atomic E-state index is 0.0991. The third-order valence-corrected chi connectivity index (χ3v) is 2.60. The van der Waals surface area contributed by atoms with E-state index >= 15 is 0 Å². The van der Waals surface area contributed by atoms with E-state index < -0.39 is 0 Å². The molecular formula is C13H15N3O2. The highest BCUT2D eigenvalue weighted by molar-refractivity contribution is 5.98. The monoisotopic (exact) mass is 245 g/mol. The molecule has 0 aliphatic carbocycles. The molecule has 5 nitrogen and oxygen atoms in total. The van der Waals surface area contributed by atoms with Gasteiger partial charge in [0.15, 0.2) is 0 Å². The molecule has 0 saturated carbocycles. The summed E-state index contributed by atoms with van der Waals surface area (Å²) < 4.78 is 0. The molecule has 0 spiro atoms. The van der Waals surface area contributed by atoms with E-state index in [1.54, 1.807) is 6.07 Å². The van der Waals surface area contributed by atoms with E-state index in [-0.39, 0.29) is 11.8 Å². The molecule has 0 fully saturated rings. The van der Waals surface area contributed by atoms with Gasteiger partial charge in [-0.1, -0.05) is 0 Å². The maximum atomic E-state index is 11.8. The van der Waals surface area contributed by atoms with Crippen LogP contribution < -0.4 is 10.6 Å². The minimum Gasteiger partial charge on any atom is -0.361 e. The summed E-state index contributed by atoms with van der Waals surface area (Å²) in [6.07, 6.45) is 1.84. The van der Waals surface area contributed by atoms with Gasteiger partial charge in [0.2, 0.25) is 5.91 Å². The molecule has 1 aromatic carbocycles. The molecule has 0 unspecified atom stereocenters. The molecule has 2 rings (SSSR count). The van der Waals surface area contributed by atoms with Gasteiger partial charge in [0.1, 0.15) is 0 Å². The number of hydrogen-bond donors (Lipinski definition) is 3. The first-order chi connectivity index (χ1) is 8.66. The van der Waals surface area contributed by atoms with E-state index in [0.717, 1.165) is 10.9 Å². The average molecular weight is 245 g/mol. The first-order valence-corrected chi connectivity index (χ1v) is 5.76. The zero-order valence-electron chi connectivity index (χ0n) is 10.1. The van der Waals surface area contributed by atoms with Crippen molar-refractivity contribution in [1.82, 2.24) is 15.6 Å². The van der Waals surface area contributed by atoms with Gasteiger partial charge in [0, 0.05) is 42.7 Å². The summed E-state index contributed by atoms with van der Waals surface area (Å²) in [4.78, 5) is 25.5. The Morgan fingerprint density at radius 2 is 1.94 bits per heavy atom. The Balaban J connectivity index is 1.93. The fraction of sp³-hybridized carbons (Fsp3) is 0.231. The molecule has 18 heavy (non-hydrogen) atoms. The van der Waals surface area contributed by atoms with Gasteiger partial charge in [-0.2, -0.15) is 0 Å². The van der Waals surface area contributed by atoms with Gasteiger partial charge >= 0.3 is 0 Å². The van der Waals surface area contributed by atoms with Crippen LogP contribution in [-0.4, -0.2) is 29.9 Å². The van der Waals surface area contributed by atoms with Crippen molar-refractivity contribution in [2.45, 2.75) is 6.92 Å². The number of carbonyl (C=O) groups excluding carboxylic acids is 2. The summed E-state index contributed by atoms with van der Waals surface area (Å²) >= 11 is 0. The van der Waals surface area contributed by atoms with Crippen molar-refractivity contribution in [3.63, 3.8) is 0 Å². The van der Waals surface area contributed by atoms with E-state index in [0.29, 0.717) is 18.7 Å². The molecule has 5 heteroatoms. The molecule has 1 aromatic heterocycles. The fourth-order valence-electron chi connectivity index (χ4n) is 1.71. The van der Waals surface area contributed by atoms with Crippen LogP contribution in [0, 0.1) is 0 Å². The van der Waals surface area contributed by atoms with Crippen molar-refractivity contribution in [2.24, 2.45) is 0 Å². The van der Waals surface area contributed by atoms with E-state index in [1.807, 2.05) is 24.4 Å². The first kappa shape index (κ1) is 12.2. The fourth-order valence-corrected chi connectivity index (χ4v) is 1.71. The molecule has 2 aromatic rings. The average Bonchev–Trinajstić information content (AvgIpc) is 2.81. The zero-order chi connectivity index (χ0) is 13.0. The van der Waals surface area contributed by atoms with E-state index in [9.17, 15) is 9.59 Å². The lowest BCUT2D eigenvalue weighted by molar-refractivity contribution is -0.118. The van der Waals surface area contributed by atoms with Gasteiger partial charge in [-0.3, -0.25) is 9.59 Å². The van der Waals surface area contributed by atoms with Crippen LogP contribution in [0.5, 0.6) is 0 Å². The third kappa shape index (κ3) is 2.88. The molecular weight excluding hydrogens is 230 g/mol. The second kappa shape index (κ2) is 5.35. The summed E-state index contributed by atoms with van der Waals surface area (Å²) in [5, 5.41) is 6.37. The van der Waals surface area contributed by atoms with Crippen molar-refractivity contribution >= 4 is 22.7 Å². The van der Waals surface area contributed by atoms with E-state index in [4.69, 9.17) is 0 Å². The van der Waals surface area contributed by atoms with Gasteiger partial charge in [-0.25, -0.2) is 0 Å². The summed E-state index contributed by atoms with van der Waals surface area (Å²) in [6, 6.07) is 7.40. The number of hydrogen-bond acceptors (Lipinski definition) is 2. The summed E-state index contributed by atoms with van der Waals surface area (Å²) in [6.45, 7) is 2.30. The predicted molar refractivity (Wildman–Crippen MR) is 69.3 cm³/mol. The molecule has 0 bridgehead atoms. The molecule has 0 atom stereocenters. The lowest BCUT2D eigenvalue weighted by Gasteiger charge is -2.05. The van der Waals surface area contributed by atoms with Crippen LogP contribution >= 0.6 is 0 Å². The van der Waals surface area contributed by atoms with Crippen LogP contribution in [-0.2, 0) is 4.79 Å². The SMILES string of the molecule is CC(=O)NCCNC(=O)c1ccc2[nH]ccc2c1. The van der Waals surface area contributed by atoms with Crippen molar-refractivity contribution in [3.8, 4) is 0 Å². The molecule has 3 N–H and O–H groups in total. The number of fused-ring (bicyclic) bond motifs is 1. The molecule has 0 aliphatic rings. The summed E-state index contributed by atoms with van der Waals surface area (Å²) in [5.41, 5.74) is 1.62. The van der Waals surface area contributed by atoms with E-state index in [2.05, 4.69) is 15.6 Å². The van der Waals surface area contributed by atoms with Gasteiger partial charge in [0.05, 0.1) is 0 Å². The Bertz CT molecular complexity index is 574. The quantitative estimate of drug-likeness (QED) is 0.704. The van der Waals surface area contributed by atoms with Crippen molar-refractivity contribution in [2.75, 3.05) is 13.1 Å². The van der Waals surface area contributed by atoms with Crippen LogP contribution in [0.3, 0.4) is 0 Å². The lowest BCUT2D eigenvalue weighted by Crippen LogP contribution is -2.33. The van der Waals surface area contributed by atoms with Crippen LogP contribution in [0.15, 0.2) is 30.5 Å². The number of rotatable bonds is 4. The molecule has 0 radical (unpaired) electrons. The van der Waals surface area contributed by atoms with Gasteiger partial charge in [-0.05, 0) is 24.3 Å². The normalized spacial score (nSPS) is 10.3. The van der Waals surface area contributed by atoms with Crippen LogP contribution in [0.2, 0.25) is 0 Å². The van der Waals surface area contributed by atoms with E-state index in [1.165, 1.54) is 6.92 Å². The standard InChI is InChI=1S/C13H15N3O2/c1-9(17)14-6-7-16-13(18)11-2-3-12-10(8-11)4-5-15-12/h2-5,8,15H,6-7H2,1H3,(H,14,17)(H,16,18). The number of benzene rings is 1. The minimum atomic E-state index is -0.136. The summed E-state index contributed by atoms with van der Waals surface area (Å²) in [7, 11) is 0. The molecule has 0 aliphatic heterocycles. The topological polar surface area (TPSA) is 74.0 Å². The lowest BCUT2D eigenvalue weighted by atomic mass is 10.1. The van der Waals surface area contributed by atoms with Crippen molar-refractivity contribution in [3.05, 3.63) is 36.0 Å².